The van der Waals surface area contributed by atoms with Crippen LogP contribution in [0.2, 0.25) is 0 Å². The first-order valence-electron chi connectivity index (χ1n) is 6.78. The van der Waals surface area contributed by atoms with Gasteiger partial charge in [0.2, 0.25) is 0 Å². The van der Waals surface area contributed by atoms with Crippen molar-refractivity contribution in [3.8, 4) is 0 Å². The van der Waals surface area contributed by atoms with Crippen molar-refractivity contribution in [2.75, 3.05) is 26.2 Å². The van der Waals surface area contributed by atoms with E-state index in [9.17, 15) is 18.8 Å². The minimum atomic E-state index is -0.796. The first-order chi connectivity index (χ1) is 10.6. The molecule has 1 fully saturated rings. The van der Waals surface area contributed by atoms with Crippen molar-refractivity contribution in [2.24, 2.45) is 0 Å². The number of pyridine rings is 1. The molecule has 2 N–H and O–H groups in total. The van der Waals surface area contributed by atoms with Crippen molar-refractivity contribution in [1.82, 2.24) is 20.2 Å². The highest BCUT2D eigenvalue weighted by molar-refractivity contribution is 6.45. The Morgan fingerprint density at radius 3 is 2.73 bits per heavy atom. The molecular formula is C14H13FN4O3. The number of nitrogens with one attached hydrogen (secondary N) is 2. The second-order valence-corrected chi connectivity index (χ2v) is 4.93. The zero-order chi connectivity index (χ0) is 15.7. The van der Waals surface area contributed by atoms with Crippen LogP contribution in [0.5, 0.6) is 0 Å². The second-order valence-electron chi connectivity index (χ2n) is 4.93. The quantitative estimate of drug-likeness (QED) is 0.477. The Bertz CT molecular complexity index is 765. The van der Waals surface area contributed by atoms with Crippen LogP contribution >= 0.6 is 0 Å². The fraction of sp³-hybridized carbons (Fsp3) is 0.286. The Labute approximate surface area is 124 Å². The number of halogens is 1. The number of rotatable bonds is 3. The molecule has 3 rings (SSSR count). The normalized spacial score (nSPS) is 15.0. The number of aromatic nitrogens is 2. The minimum absolute atomic E-state index is 0.00919. The minimum Gasteiger partial charge on any atom is -0.358 e. The molecule has 0 bridgehead atoms. The molecule has 1 aliphatic rings. The molecule has 0 saturated carbocycles. The Morgan fingerprint density at radius 2 is 2.05 bits per heavy atom. The van der Waals surface area contributed by atoms with Gasteiger partial charge in [0.1, 0.15) is 5.69 Å². The van der Waals surface area contributed by atoms with Crippen LogP contribution in [0.3, 0.4) is 0 Å². The standard InChI is InChI=1S/C14H13FN4O3/c15-9-6-17-10(7-20)12-11(9)8(5-18-12)13(21)14(22)19-3-1-16-2-4-19/h5-7,16,18H,1-4H2. The van der Waals surface area contributed by atoms with Gasteiger partial charge in [0, 0.05) is 32.4 Å². The Balaban J connectivity index is 2.01. The van der Waals surface area contributed by atoms with Gasteiger partial charge in [-0.1, -0.05) is 0 Å². The van der Waals surface area contributed by atoms with Gasteiger partial charge < -0.3 is 15.2 Å². The van der Waals surface area contributed by atoms with Gasteiger partial charge in [-0.05, 0) is 0 Å². The van der Waals surface area contributed by atoms with E-state index in [1.54, 1.807) is 0 Å². The van der Waals surface area contributed by atoms with Crippen molar-refractivity contribution in [3.05, 3.63) is 29.5 Å². The molecule has 7 nitrogen and oxygen atoms in total. The van der Waals surface area contributed by atoms with E-state index in [1.165, 1.54) is 11.1 Å². The molecule has 114 valence electrons. The van der Waals surface area contributed by atoms with Gasteiger partial charge >= 0.3 is 0 Å². The van der Waals surface area contributed by atoms with Crippen molar-refractivity contribution in [2.45, 2.75) is 0 Å². The Hall–Kier alpha value is -2.61. The molecule has 1 saturated heterocycles. The number of hydrogen-bond donors (Lipinski definition) is 2. The number of hydrogen-bond acceptors (Lipinski definition) is 5. The van der Waals surface area contributed by atoms with Gasteiger partial charge in [0.05, 0.1) is 22.7 Å². The maximum Gasteiger partial charge on any atom is 0.295 e. The molecule has 0 atom stereocenters. The summed E-state index contributed by atoms with van der Waals surface area (Å²) in [5.41, 5.74) is 0.0260. The average Bonchev–Trinajstić information content (AvgIpc) is 3.00. The lowest BCUT2D eigenvalue weighted by Crippen LogP contribution is -2.48. The number of aromatic amines is 1. The highest BCUT2D eigenvalue weighted by Crippen LogP contribution is 2.23. The number of ketones is 1. The summed E-state index contributed by atoms with van der Waals surface area (Å²) in [4.78, 5) is 43.2. The maximum absolute atomic E-state index is 14.0. The predicted molar refractivity (Wildman–Crippen MR) is 75.2 cm³/mol. The van der Waals surface area contributed by atoms with E-state index in [4.69, 9.17) is 0 Å². The van der Waals surface area contributed by atoms with Gasteiger partial charge in [-0.2, -0.15) is 0 Å². The van der Waals surface area contributed by atoms with Crippen LogP contribution < -0.4 is 5.32 Å². The summed E-state index contributed by atoms with van der Waals surface area (Å²) in [5.74, 6) is -2.22. The highest BCUT2D eigenvalue weighted by Gasteiger charge is 2.28. The smallest absolute Gasteiger partial charge is 0.295 e. The lowest BCUT2D eigenvalue weighted by atomic mass is 10.1. The monoisotopic (exact) mass is 304 g/mol. The van der Waals surface area contributed by atoms with Crippen LogP contribution in [0.15, 0.2) is 12.4 Å². The van der Waals surface area contributed by atoms with Crippen molar-refractivity contribution >= 4 is 28.9 Å². The van der Waals surface area contributed by atoms with E-state index in [0.29, 0.717) is 32.5 Å². The number of fused-ring (bicyclic) bond motifs is 1. The molecular weight excluding hydrogens is 291 g/mol. The number of H-pyrrole nitrogens is 1. The molecule has 1 aliphatic heterocycles. The molecule has 0 aliphatic carbocycles. The molecule has 2 aromatic rings. The van der Waals surface area contributed by atoms with E-state index in [-0.39, 0.29) is 22.2 Å². The SMILES string of the molecule is O=Cc1ncc(F)c2c(C(=O)C(=O)N3CCNCC3)c[nH]c12. The molecule has 8 heteroatoms. The number of carbonyl (C=O) groups excluding carboxylic acids is 3. The van der Waals surface area contributed by atoms with Crippen LogP contribution in [-0.4, -0.2) is 59.0 Å². The van der Waals surface area contributed by atoms with E-state index >= 15 is 0 Å². The van der Waals surface area contributed by atoms with Crippen LogP contribution in [0, 0.1) is 5.82 Å². The summed E-state index contributed by atoms with van der Waals surface area (Å²) in [7, 11) is 0. The zero-order valence-electron chi connectivity index (χ0n) is 11.6. The number of carbonyl (C=O) groups is 3. The van der Waals surface area contributed by atoms with E-state index in [2.05, 4.69) is 15.3 Å². The van der Waals surface area contributed by atoms with Gasteiger partial charge in [-0.25, -0.2) is 9.37 Å². The molecule has 0 aromatic carbocycles. The fourth-order valence-electron chi connectivity index (χ4n) is 2.52. The van der Waals surface area contributed by atoms with E-state index in [1.807, 2.05) is 0 Å². The summed E-state index contributed by atoms with van der Waals surface area (Å²) >= 11 is 0. The number of piperazine rings is 1. The number of nitrogens with zero attached hydrogens (tertiary/aromatic N) is 2. The first kappa shape index (κ1) is 14.3. The summed E-state index contributed by atoms with van der Waals surface area (Å²) in [5, 5.41) is 3.00. The Morgan fingerprint density at radius 1 is 1.32 bits per heavy atom. The van der Waals surface area contributed by atoms with Crippen molar-refractivity contribution in [3.63, 3.8) is 0 Å². The van der Waals surface area contributed by atoms with E-state index < -0.39 is 17.5 Å². The van der Waals surface area contributed by atoms with E-state index in [0.717, 1.165) is 6.20 Å². The number of Topliss-reactive ketones (excluding diaryl/α,β-unsaturated/α-hetero) is 1. The van der Waals surface area contributed by atoms with Gasteiger partial charge in [-0.15, -0.1) is 0 Å². The summed E-state index contributed by atoms with van der Waals surface area (Å²) in [6, 6.07) is 0. The lowest BCUT2D eigenvalue weighted by Gasteiger charge is -2.26. The lowest BCUT2D eigenvalue weighted by molar-refractivity contribution is -0.126. The highest BCUT2D eigenvalue weighted by atomic mass is 19.1. The fourth-order valence-corrected chi connectivity index (χ4v) is 2.52. The Kier molecular flexibility index (Phi) is 3.68. The predicted octanol–water partition coefficient (Wildman–Crippen LogP) is 0.129. The molecule has 22 heavy (non-hydrogen) atoms. The van der Waals surface area contributed by atoms with Crippen molar-refractivity contribution in [1.29, 1.82) is 0 Å². The van der Waals surface area contributed by atoms with Gasteiger partial charge in [-0.3, -0.25) is 14.4 Å². The number of amides is 1. The molecule has 0 unspecified atom stereocenters. The van der Waals surface area contributed by atoms with Crippen LogP contribution in [0.25, 0.3) is 10.9 Å². The van der Waals surface area contributed by atoms with Crippen LogP contribution in [0.4, 0.5) is 4.39 Å². The van der Waals surface area contributed by atoms with Crippen LogP contribution in [-0.2, 0) is 4.79 Å². The molecule has 1 amide bonds. The largest absolute Gasteiger partial charge is 0.358 e. The summed E-state index contributed by atoms with van der Waals surface area (Å²) in [6.07, 6.45) is 2.57. The third-order valence-electron chi connectivity index (χ3n) is 3.65. The third kappa shape index (κ3) is 2.27. The molecule has 0 spiro atoms. The maximum atomic E-state index is 14.0. The van der Waals surface area contributed by atoms with Crippen molar-refractivity contribution < 1.29 is 18.8 Å². The number of aldehydes is 1. The summed E-state index contributed by atoms with van der Waals surface area (Å²) in [6.45, 7) is 2.08. The third-order valence-corrected chi connectivity index (χ3v) is 3.65. The van der Waals surface area contributed by atoms with Gasteiger partial charge in [0.15, 0.2) is 12.1 Å². The second kappa shape index (κ2) is 5.64. The summed E-state index contributed by atoms with van der Waals surface area (Å²) < 4.78 is 14.0. The van der Waals surface area contributed by atoms with Crippen LogP contribution in [0.1, 0.15) is 20.8 Å². The molecule has 0 radical (unpaired) electrons. The molecule has 2 aromatic heterocycles. The van der Waals surface area contributed by atoms with Gasteiger partial charge in [0.25, 0.3) is 11.7 Å². The average molecular weight is 304 g/mol. The zero-order valence-corrected chi connectivity index (χ0v) is 11.6. The molecule has 3 heterocycles. The topological polar surface area (TPSA) is 95.2 Å². The first-order valence-corrected chi connectivity index (χ1v) is 6.78.